The van der Waals surface area contributed by atoms with Gasteiger partial charge < -0.3 is 8.97 Å². The van der Waals surface area contributed by atoms with Gasteiger partial charge in [-0.25, -0.2) is 4.98 Å². The second-order valence-corrected chi connectivity index (χ2v) is 6.30. The summed E-state index contributed by atoms with van der Waals surface area (Å²) < 4.78 is 3.94. The zero-order valence-electron chi connectivity index (χ0n) is 12.5. The predicted octanol–water partition coefficient (Wildman–Crippen LogP) is 2.76. The molecule has 3 aromatic heterocycles. The average molecular weight is 289 g/mol. The summed E-state index contributed by atoms with van der Waals surface area (Å²) in [7, 11) is 0. The molecule has 0 unspecified atom stereocenters. The van der Waals surface area contributed by atoms with Gasteiger partial charge in [0.25, 0.3) is 0 Å². The molecule has 108 valence electrons. The van der Waals surface area contributed by atoms with Crippen molar-refractivity contribution in [2.45, 2.75) is 20.4 Å². The molecule has 0 saturated carbocycles. The molecule has 3 aromatic rings. The number of pyridine rings is 1. The lowest BCUT2D eigenvalue weighted by molar-refractivity contribution is 0.0860. The van der Waals surface area contributed by atoms with E-state index >= 15 is 0 Å². The van der Waals surface area contributed by atoms with E-state index in [4.69, 9.17) is 0 Å². The third-order valence-electron chi connectivity index (χ3n) is 4.01. The average Bonchev–Trinajstić information content (AvgIpc) is 3.11. The third-order valence-corrected chi connectivity index (χ3v) is 4.01. The molecule has 4 heteroatoms. The Morgan fingerprint density at radius 2 is 2.09 bits per heavy atom. The molecular weight excluding hydrogens is 274 g/mol. The third kappa shape index (κ3) is 1.94. The monoisotopic (exact) mass is 289 g/mol. The van der Waals surface area contributed by atoms with Crippen LogP contribution in [-0.4, -0.2) is 19.7 Å². The molecule has 0 atom stereocenters. The Morgan fingerprint density at radius 3 is 2.86 bits per heavy atom. The molecule has 0 fully saturated rings. The van der Waals surface area contributed by atoms with E-state index in [0.717, 1.165) is 29.1 Å². The molecule has 0 amide bonds. The summed E-state index contributed by atoms with van der Waals surface area (Å²) in [6.45, 7) is 4.67. The van der Waals surface area contributed by atoms with Crippen molar-refractivity contribution < 1.29 is 4.79 Å². The minimum atomic E-state index is -0.303. The maximum absolute atomic E-state index is 12.2. The van der Waals surface area contributed by atoms with Crippen LogP contribution in [0.3, 0.4) is 0 Å². The van der Waals surface area contributed by atoms with Crippen molar-refractivity contribution in [3.8, 4) is 11.8 Å². The van der Waals surface area contributed by atoms with E-state index in [1.54, 1.807) is 0 Å². The quantitative estimate of drug-likeness (QED) is 0.597. The highest BCUT2D eigenvalue weighted by Crippen LogP contribution is 2.32. The van der Waals surface area contributed by atoms with Crippen molar-refractivity contribution in [3.05, 3.63) is 59.8 Å². The Hall–Kier alpha value is -2.80. The maximum atomic E-state index is 12.2. The van der Waals surface area contributed by atoms with Crippen LogP contribution < -0.4 is 0 Å². The topological polar surface area (TPSA) is 39.3 Å². The number of nitrogens with zero attached hydrogens (tertiary/aromatic N) is 3. The molecule has 0 spiro atoms. The summed E-state index contributed by atoms with van der Waals surface area (Å²) in [4.78, 5) is 16.7. The number of rotatable bonds is 0. The molecule has 0 radical (unpaired) electrons. The van der Waals surface area contributed by atoms with E-state index < -0.39 is 0 Å². The van der Waals surface area contributed by atoms with Crippen LogP contribution in [0, 0.1) is 17.3 Å². The van der Waals surface area contributed by atoms with Gasteiger partial charge in [-0.1, -0.05) is 25.8 Å². The number of Topliss-reactive ketones (excluding diaryl/α,β-unsaturated/α-hetero) is 1. The molecule has 1 aliphatic heterocycles. The number of hydrogen-bond donors (Lipinski definition) is 0. The fraction of sp³-hybridized carbons (Fsp3) is 0.222. The molecular formula is C18H15N3O. The summed E-state index contributed by atoms with van der Waals surface area (Å²) in [6.07, 6.45) is 5.80. The normalized spacial score (nSPS) is 15.6. The largest absolute Gasteiger partial charge is 0.343 e. The number of carbonyl (C=O) groups is 1. The highest BCUT2D eigenvalue weighted by molar-refractivity contribution is 6.01. The lowest BCUT2D eigenvalue weighted by Gasteiger charge is -2.12. The van der Waals surface area contributed by atoms with Gasteiger partial charge in [0.2, 0.25) is 0 Å². The zero-order valence-corrected chi connectivity index (χ0v) is 12.5. The van der Waals surface area contributed by atoms with Gasteiger partial charge in [0, 0.05) is 36.1 Å². The van der Waals surface area contributed by atoms with Crippen LogP contribution in [0.4, 0.5) is 0 Å². The van der Waals surface area contributed by atoms with Gasteiger partial charge in [-0.2, -0.15) is 0 Å². The van der Waals surface area contributed by atoms with E-state index in [1.807, 2.05) is 65.7 Å². The lowest BCUT2D eigenvalue weighted by Crippen LogP contribution is -2.19. The van der Waals surface area contributed by atoms with E-state index in [0.29, 0.717) is 0 Å². The summed E-state index contributed by atoms with van der Waals surface area (Å²) in [5.41, 5.74) is 2.91. The van der Waals surface area contributed by atoms with E-state index in [9.17, 15) is 4.79 Å². The van der Waals surface area contributed by atoms with E-state index in [-0.39, 0.29) is 11.2 Å². The van der Waals surface area contributed by atoms with Crippen molar-refractivity contribution in [2.75, 3.05) is 0 Å². The highest BCUT2D eigenvalue weighted by Gasteiger charge is 2.37. The molecule has 4 rings (SSSR count). The summed E-state index contributed by atoms with van der Waals surface area (Å²) in [5.74, 6) is 6.36. The molecule has 4 heterocycles. The van der Waals surface area contributed by atoms with E-state index in [1.165, 1.54) is 0 Å². The van der Waals surface area contributed by atoms with Crippen LogP contribution in [0.1, 0.15) is 35.6 Å². The van der Waals surface area contributed by atoms with Gasteiger partial charge >= 0.3 is 0 Å². The minimum Gasteiger partial charge on any atom is -0.343 e. The fourth-order valence-electron chi connectivity index (χ4n) is 2.88. The minimum absolute atomic E-state index is 0.188. The Kier molecular flexibility index (Phi) is 2.55. The highest BCUT2D eigenvalue weighted by atomic mass is 16.1. The number of carbonyl (C=O) groups excluding carboxylic acids is 1. The van der Waals surface area contributed by atoms with Crippen LogP contribution in [0.5, 0.6) is 0 Å². The van der Waals surface area contributed by atoms with Crippen LogP contribution in [0.25, 0.3) is 5.65 Å². The van der Waals surface area contributed by atoms with Crippen LogP contribution in [0.2, 0.25) is 0 Å². The number of imidazole rings is 1. The SMILES string of the molecule is CC1(C)Cn2cc(C#Cc3cn4ccccc4n3)cc2C1=O. The molecule has 0 bridgehead atoms. The van der Waals surface area contributed by atoms with Gasteiger partial charge in [-0.05, 0) is 24.1 Å². The number of fused-ring (bicyclic) bond motifs is 2. The van der Waals surface area contributed by atoms with Crippen molar-refractivity contribution in [3.63, 3.8) is 0 Å². The molecule has 22 heavy (non-hydrogen) atoms. The molecule has 0 aromatic carbocycles. The van der Waals surface area contributed by atoms with Crippen molar-refractivity contribution >= 4 is 11.4 Å². The Bertz CT molecular complexity index is 930. The standard InChI is InChI=1S/C18H15N3O/c1-18(2)12-21-10-13(9-15(21)17(18)22)6-7-14-11-20-8-4-3-5-16(20)19-14/h3-5,8-11H,12H2,1-2H3. The van der Waals surface area contributed by atoms with Gasteiger partial charge in [0.15, 0.2) is 5.78 Å². The Balaban J connectivity index is 1.66. The smallest absolute Gasteiger partial charge is 0.186 e. The first-order chi connectivity index (χ1) is 10.5. The Morgan fingerprint density at radius 1 is 1.23 bits per heavy atom. The van der Waals surface area contributed by atoms with Crippen LogP contribution >= 0.6 is 0 Å². The first kappa shape index (κ1) is 12.9. The summed E-state index contributed by atoms with van der Waals surface area (Å²) >= 11 is 0. The first-order valence-electron chi connectivity index (χ1n) is 7.24. The second-order valence-electron chi connectivity index (χ2n) is 6.30. The van der Waals surface area contributed by atoms with Gasteiger partial charge in [0.1, 0.15) is 11.3 Å². The van der Waals surface area contributed by atoms with E-state index in [2.05, 4.69) is 16.8 Å². The molecule has 0 N–H and O–H groups in total. The fourth-order valence-corrected chi connectivity index (χ4v) is 2.88. The van der Waals surface area contributed by atoms with Crippen molar-refractivity contribution in [2.24, 2.45) is 5.41 Å². The van der Waals surface area contributed by atoms with Gasteiger partial charge in [0.05, 0.1) is 5.69 Å². The lowest BCUT2D eigenvalue weighted by atomic mass is 9.89. The van der Waals surface area contributed by atoms with Gasteiger partial charge in [-0.3, -0.25) is 4.79 Å². The maximum Gasteiger partial charge on any atom is 0.186 e. The zero-order chi connectivity index (χ0) is 15.3. The van der Waals surface area contributed by atoms with Crippen LogP contribution in [-0.2, 0) is 6.54 Å². The number of ketones is 1. The number of aromatic nitrogens is 3. The van der Waals surface area contributed by atoms with Crippen molar-refractivity contribution in [1.29, 1.82) is 0 Å². The molecule has 4 nitrogen and oxygen atoms in total. The Labute approximate surface area is 128 Å². The molecule has 1 aliphatic rings. The molecule has 0 saturated heterocycles. The summed E-state index contributed by atoms with van der Waals surface area (Å²) in [6, 6.07) is 7.72. The predicted molar refractivity (Wildman–Crippen MR) is 83.7 cm³/mol. The number of hydrogen-bond acceptors (Lipinski definition) is 2. The van der Waals surface area contributed by atoms with Crippen molar-refractivity contribution in [1.82, 2.24) is 14.0 Å². The summed E-state index contributed by atoms with van der Waals surface area (Å²) in [5, 5.41) is 0. The molecule has 0 aliphatic carbocycles. The first-order valence-corrected chi connectivity index (χ1v) is 7.24. The van der Waals surface area contributed by atoms with Gasteiger partial charge in [-0.15, -0.1) is 0 Å². The second kappa shape index (κ2) is 4.35. The van der Waals surface area contributed by atoms with Crippen LogP contribution in [0.15, 0.2) is 42.9 Å².